The quantitative estimate of drug-likeness (QED) is 0.837. The zero-order valence-corrected chi connectivity index (χ0v) is 16.1. The van der Waals surface area contributed by atoms with Gasteiger partial charge in [-0.3, -0.25) is 4.79 Å². The van der Waals surface area contributed by atoms with Crippen molar-refractivity contribution in [3.63, 3.8) is 0 Å². The van der Waals surface area contributed by atoms with E-state index in [-0.39, 0.29) is 17.2 Å². The van der Waals surface area contributed by atoms with E-state index in [1.807, 2.05) is 23.1 Å². The number of carbonyl (C=O) groups excluding carboxylic acids is 1. The van der Waals surface area contributed by atoms with Gasteiger partial charge in [0.05, 0.1) is 5.41 Å². The standard InChI is InChI=1S/C21H27N3O2/c1-13(2)18-22-20(23-26-18)21-9-5-6-17(21)11-24(12-21)19(25)16-8-7-14(3)15(4)10-16/h7-8,10,13,17H,5-6,9,11-12H2,1-4H3. The van der Waals surface area contributed by atoms with Crippen LogP contribution in [-0.2, 0) is 5.41 Å². The van der Waals surface area contributed by atoms with E-state index in [0.717, 1.165) is 36.3 Å². The Morgan fingerprint density at radius 3 is 2.81 bits per heavy atom. The second kappa shape index (κ2) is 6.22. The van der Waals surface area contributed by atoms with Gasteiger partial charge in [0.1, 0.15) is 0 Å². The van der Waals surface area contributed by atoms with Gasteiger partial charge in [-0.05, 0) is 55.9 Å². The molecule has 138 valence electrons. The SMILES string of the molecule is Cc1ccc(C(=O)N2CC3CCCC3(c3noc(C(C)C)n3)C2)cc1C. The van der Waals surface area contributed by atoms with Crippen molar-refractivity contribution in [3.8, 4) is 0 Å². The fourth-order valence-corrected chi connectivity index (χ4v) is 4.54. The van der Waals surface area contributed by atoms with Gasteiger partial charge >= 0.3 is 0 Å². The van der Waals surface area contributed by atoms with Gasteiger partial charge < -0.3 is 9.42 Å². The topological polar surface area (TPSA) is 59.2 Å². The summed E-state index contributed by atoms with van der Waals surface area (Å²) in [5.41, 5.74) is 3.01. The highest BCUT2D eigenvalue weighted by atomic mass is 16.5. The predicted octanol–water partition coefficient (Wildman–Crippen LogP) is 4.00. The first-order valence-corrected chi connectivity index (χ1v) is 9.61. The largest absolute Gasteiger partial charge is 0.339 e. The molecule has 1 aliphatic carbocycles. The molecule has 5 heteroatoms. The Balaban J connectivity index is 1.61. The minimum absolute atomic E-state index is 0.120. The summed E-state index contributed by atoms with van der Waals surface area (Å²) in [6, 6.07) is 5.98. The van der Waals surface area contributed by atoms with Crippen LogP contribution >= 0.6 is 0 Å². The molecule has 5 nitrogen and oxygen atoms in total. The second-order valence-corrected chi connectivity index (χ2v) is 8.34. The Morgan fingerprint density at radius 1 is 1.31 bits per heavy atom. The lowest BCUT2D eigenvalue weighted by atomic mass is 9.80. The highest BCUT2D eigenvalue weighted by Crippen LogP contribution is 2.49. The van der Waals surface area contributed by atoms with Crippen LogP contribution < -0.4 is 0 Å². The molecule has 1 saturated heterocycles. The van der Waals surface area contributed by atoms with Crippen molar-refractivity contribution in [1.82, 2.24) is 15.0 Å². The number of fused-ring (bicyclic) bond motifs is 1. The molecular formula is C21H27N3O2. The van der Waals surface area contributed by atoms with Crippen LogP contribution in [0, 0.1) is 19.8 Å². The highest BCUT2D eigenvalue weighted by molar-refractivity contribution is 5.94. The molecule has 26 heavy (non-hydrogen) atoms. The van der Waals surface area contributed by atoms with Crippen molar-refractivity contribution in [2.75, 3.05) is 13.1 Å². The van der Waals surface area contributed by atoms with E-state index in [2.05, 4.69) is 32.9 Å². The maximum Gasteiger partial charge on any atom is 0.253 e. The number of carbonyl (C=O) groups is 1. The summed E-state index contributed by atoms with van der Waals surface area (Å²) in [6.45, 7) is 9.73. The lowest BCUT2D eigenvalue weighted by Crippen LogP contribution is -2.35. The number of hydrogen-bond donors (Lipinski definition) is 0. The highest BCUT2D eigenvalue weighted by Gasteiger charge is 2.54. The summed E-state index contributed by atoms with van der Waals surface area (Å²) in [5.74, 6) is 2.27. The van der Waals surface area contributed by atoms with Crippen molar-refractivity contribution >= 4 is 5.91 Å². The third-order valence-corrected chi connectivity index (χ3v) is 6.29. The molecular weight excluding hydrogens is 326 g/mol. The predicted molar refractivity (Wildman–Crippen MR) is 99.2 cm³/mol. The van der Waals surface area contributed by atoms with Crippen LogP contribution in [0.1, 0.15) is 72.2 Å². The van der Waals surface area contributed by atoms with Gasteiger partial charge in [0.2, 0.25) is 5.89 Å². The van der Waals surface area contributed by atoms with E-state index < -0.39 is 0 Å². The lowest BCUT2D eigenvalue weighted by Gasteiger charge is -2.24. The number of aryl methyl sites for hydroxylation is 2. The van der Waals surface area contributed by atoms with Gasteiger partial charge in [-0.15, -0.1) is 0 Å². The molecule has 1 aromatic heterocycles. The Hall–Kier alpha value is -2.17. The van der Waals surface area contributed by atoms with Crippen molar-refractivity contribution in [1.29, 1.82) is 0 Å². The summed E-state index contributed by atoms with van der Waals surface area (Å²) >= 11 is 0. The normalized spacial score (nSPS) is 25.1. The molecule has 2 unspecified atom stereocenters. The van der Waals surface area contributed by atoms with Gasteiger partial charge in [0.25, 0.3) is 5.91 Å². The van der Waals surface area contributed by atoms with Gasteiger partial charge in [-0.25, -0.2) is 0 Å². The molecule has 0 N–H and O–H groups in total. The fraction of sp³-hybridized carbons (Fsp3) is 0.571. The number of aromatic nitrogens is 2. The van der Waals surface area contributed by atoms with Crippen LogP contribution in [0.2, 0.25) is 0 Å². The summed E-state index contributed by atoms with van der Waals surface area (Å²) in [7, 11) is 0. The second-order valence-electron chi connectivity index (χ2n) is 8.34. The summed E-state index contributed by atoms with van der Waals surface area (Å²) < 4.78 is 5.49. The zero-order chi connectivity index (χ0) is 18.5. The van der Waals surface area contributed by atoms with Gasteiger partial charge in [-0.2, -0.15) is 4.98 Å². The molecule has 2 heterocycles. The Morgan fingerprint density at radius 2 is 2.12 bits per heavy atom. The molecule has 1 saturated carbocycles. The smallest absolute Gasteiger partial charge is 0.253 e. The first-order valence-electron chi connectivity index (χ1n) is 9.61. The van der Waals surface area contributed by atoms with Crippen LogP contribution in [0.5, 0.6) is 0 Å². The zero-order valence-electron chi connectivity index (χ0n) is 16.1. The van der Waals surface area contributed by atoms with Crippen LogP contribution in [0.3, 0.4) is 0 Å². The minimum Gasteiger partial charge on any atom is -0.339 e. The van der Waals surface area contributed by atoms with Crippen LogP contribution in [-0.4, -0.2) is 34.0 Å². The third-order valence-electron chi connectivity index (χ3n) is 6.29. The summed E-state index contributed by atoms with van der Waals surface area (Å²) in [6.07, 6.45) is 3.33. The minimum atomic E-state index is -0.133. The molecule has 1 aromatic carbocycles. The molecule has 2 atom stereocenters. The van der Waals surface area contributed by atoms with Crippen molar-refractivity contribution in [2.24, 2.45) is 5.92 Å². The average Bonchev–Trinajstić information content (AvgIpc) is 3.29. The number of nitrogens with zero attached hydrogens (tertiary/aromatic N) is 3. The van der Waals surface area contributed by atoms with E-state index in [9.17, 15) is 4.79 Å². The van der Waals surface area contributed by atoms with E-state index in [1.165, 1.54) is 12.0 Å². The number of rotatable bonds is 3. The fourth-order valence-electron chi connectivity index (χ4n) is 4.54. The third kappa shape index (κ3) is 2.65. The van der Waals surface area contributed by atoms with Crippen molar-refractivity contribution in [3.05, 3.63) is 46.6 Å². The molecule has 0 radical (unpaired) electrons. The molecule has 2 aromatic rings. The van der Waals surface area contributed by atoms with E-state index >= 15 is 0 Å². The first kappa shape index (κ1) is 17.3. The van der Waals surface area contributed by atoms with Crippen molar-refractivity contribution < 1.29 is 9.32 Å². The number of likely N-dealkylation sites (tertiary alicyclic amines) is 1. The monoisotopic (exact) mass is 353 g/mol. The number of benzene rings is 1. The maximum atomic E-state index is 13.1. The molecule has 2 aliphatic rings. The molecule has 1 amide bonds. The Kier molecular flexibility index (Phi) is 4.13. The molecule has 1 aliphatic heterocycles. The molecule has 2 fully saturated rings. The lowest BCUT2D eigenvalue weighted by molar-refractivity contribution is 0.0777. The molecule has 0 spiro atoms. The van der Waals surface area contributed by atoms with Crippen LogP contribution in [0.25, 0.3) is 0 Å². The average molecular weight is 353 g/mol. The van der Waals surface area contributed by atoms with Gasteiger partial charge in [-0.1, -0.05) is 31.5 Å². The van der Waals surface area contributed by atoms with E-state index in [4.69, 9.17) is 9.51 Å². The Labute approximate surface area is 154 Å². The van der Waals surface area contributed by atoms with E-state index in [0.29, 0.717) is 18.4 Å². The summed E-state index contributed by atoms with van der Waals surface area (Å²) in [4.78, 5) is 19.8. The van der Waals surface area contributed by atoms with Gasteiger partial charge in [0, 0.05) is 24.6 Å². The summed E-state index contributed by atoms with van der Waals surface area (Å²) in [5, 5.41) is 4.32. The van der Waals surface area contributed by atoms with Crippen LogP contribution in [0.15, 0.2) is 22.7 Å². The number of amides is 1. The Bertz CT molecular complexity index is 842. The van der Waals surface area contributed by atoms with E-state index in [1.54, 1.807) is 0 Å². The molecule has 4 rings (SSSR count). The van der Waals surface area contributed by atoms with Crippen LogP contribution in [0.4, 0.5) is 0 Å². The number of hydrogen-bond acceptors (Lipinski definition) is 4. The van der Waals surface area contributed by atoms with Crippen molar-refractivity contribution in [2.45, 2.75) is 58.3 Å². The maximum absolute atomic E-state index is 13.1. The van der Waals surface area contributed by atoms with Gasteiger partial charge in [0.15, 0.2) is 5.82 Å². The molecule has 0 bridgehead atoms. The first-order chi connectivity index (χ1) is 12.4.